The topological polar surface area (TPSA) is 91.3 Å². The quantitative estimate of drug-likeness (QED) is 0.810. The molecule has 0 radical (unpaired) electrons. The Balaban J connectivity index is 2.04. The van der Waals surface area contributed by atoms with Crippen LogP contribution in [0.5, 0.6) is 0 Å². The molecule has 2 rings (SSSR count). The molecular weight excluding hydrogens is 294 g/mol. The third-order valence-corrected chi connectivity index (χ3v) is 2.94. The van der Waals surface area contributed by atoms with E-state index in [4.69, 9.17) is 16.7 Å². The fourth-order valence-corrected chi connectivity index (χ4v) is 1.86. The van der Waals surface area contributed by atoms with Crippen LogP contribution in [0.25, 0.3) is 0 Å². The number of amides is 2. The lowest BCUT2D eigenvalue weighted by Gasteiger charge is -2.08. The first-order valence-corrected chi connectivity index (χ1v) is 6.37. The maximum Gasteiger partial charge on any atom is 0.337 e. The third kappa shape index (κ3) is 3.93. The van der Waals surface area contributed by atoms with Crippen LogP contribution in [-0.4, -0.2) is 22.1 Å². The van der Waals surface area contributed by atoms with Crippen LogP contribution in [0.1, 0.15) is 16.1 Å². The van der Waals surface area contributed by atoms with Crippen molar-refractivity contribution in [3.63, 3.8) is 0 Å². The monoisotopic (exact) mass is 305 g/mol. The van der Waals surface area contributed by atoms with Crippen molar-refractivity contribution in [3.05, 3.63) is 52.8 Å². The number of halogens is 1. The second kappa shape index (κ2) is 6.23. The number of rotatable bonds is 3. The lowest BCUT2D eigenvalue weighted by atomic mass is 10.2. The Morgan fingerprint density at radius 2 is 1.81 bits per heavy atom. The van der Waals surface area contributed by atoms with Gasteiger partial charge in [0.05, 0.1) is 22.5 Å². The number of carboxylic acid groups (broad SMARTS) is 1. The van der Waals surface area contributed by atoms with E-state index in [0.29, 0.717) is 11.4 Å². The number of carboxylic acids is 1. The summed E-state index contributed by atoms with van der Waals surface area (Å²) in [6.45, 7) is 1.84. The highest BCUT2D eigenvalue weighted by molar-refractivity contribution is 6.33. The molecule has 108 valence electrons. The Kier molecular flexibility index (Phi) is 4.39. The van der Waals surface area contributed by atoms with Crippen LogP contribution in [0.4, 0.5) is 16.2 Å². The fraction of sp³-hybridized carbons (Fsp3) is 0.0714. The summed E-state index contributed by atoms with van der Waals surface area (Å²) in [5.41, 5.74) is 1.76. The molecule has 3 N–H and O–H groups in total. The van der Waals surface area contributed by atoms with Gasteiger partial charge < -0.3 is 15.7 Å². The molecule has 0 spiro atoms. The zero-order valence-electron chi connectivity index (χ0n) is 11.1. The minimum absolute atomic E-state index is 0.0228. The number of aryl methyl sites for hydroxylation is 1. The lowest BCUT2D eigenvalue weighted by Crippen LogP contribution is -2.19. The standard InChI is InChI=1S/C14H12ClN3O3/c1-8-2-3-10(7-16-8)18-14(21)17-9-4-5-11(13(19)20)12(15)6-9/h2-7H,1H3,(H,19,20)(H2,17,18,21). The average molecular weight is 306 g/mol. The van der Waals surface area contributed by atoms with Crippen molar-refractivity contribution in [2.24, 2.45) is 0 Å². The minimum Gasteiger partial charge on any atom is -0.478 e. The molecule has 6 nitrogen and oxygen atoms in total. The number of aromatic carboxylic acids is 1. The van der Waals surface area contributed by atoms with Gasteiger partial charge >= 0.3 is 12.0 Å². The zero-order valence-corrected chi connectivity index (χ0v) is 11.8. The summed E-state index contributed by atoms with van der Waals surface area (Å²) in [6.07, 6.45) is 1.54. The molecule has 21 heavy (non-hydrogen) atoms. The first-order chi connectivity index (χ1) is 9.95. The molecule has 0 saturated heterocycles. The zero-order chi connectivity index (χ0) is 15.4. The van der Waals surface area contributed by atoms with Gasteiger partial charge in [-0.15, -0.1) is 0 Å². The van der Waals surface area contributed by atoms with Crippen LogP contribution < -0.4 is 10.6 Å². The van der Waals surface area contributed by atoms with Crippen molar-refractivity contribution < 1.29 is 14.7 Å². The maximum absolute atomic E-state index is 11.8. The number of carbonyl (C=O) groups is 2. The predicted octanol–water partition coefficient (Wildman–Crippen LogP) is 3.39. The van der Waals surface area contributed by atoms with E-state index in [9.17, 15) is 9.59 Å². The molecule has 7 heteroatoms. The molecule has 1 heterocycles. The highest BCUT2D eigenvalue weighted by Crippen LogP contribution is 2.21. The number of anilines is 2. The molecule has 0 saturated carbocycles. The molecule has 0 aliphatic rings. The second-order valence-electron chi connectivity index (χ2n) is 4.27. The summed E-state index contributed by atoms with van der Waals surface area (Å²) in [7, 11) is 0. The normalized spacial score (nSPS) is 10.0. The molecule has 0 bridgehead atoms. The van der Waals surface area contributed by atoms with Crippen molar-refractivity contribution in [1.29, 1.82) is 0 Å². The van der Waals surface area contributed by atoms with Crippen LogP contribution in [0.3, 0.4) is 0 Å². The average Bonchev–Trinajstić information content (AvgIpc) is 2.41. The Labute approximate surface area is 125 Å². The van der Waals surface area contributed by atoms with Gasteiger partial charge in [-0.1, -0.05) is 11.6 Å². The predicted molar refractivity (Wildman–Crippen MR) is 80.0 cm³/mol. The summed E-state index contributed by atoms with van der Waals surface area (Å²) in [6, 6.07) is 7.18. The molecule has 0 unspecified atom stereocenters. The number of hydrogen-bond acceptors (Lipinski definition) is 3. The van der Waals surface area contributed by atoms with Gasteiger partial charge in [0.1, 0.15) is 0 Å². The van der Waals surface area contributed by atoms with E-state index < -0.39 is 12.0 Å². The first-order valence-electron chi connectivity index (χ1n) is 5.99. The third-order valence-electron chi connectivity index (χ3n) is 2.63. The lowest BCUT2D eigenvalue weighted by molar-refractivity contribution is 0.0697. The number of nitrogens with zero attached hydrogens (tertiary/aromatic N) is 1. The van der Waals surface area contributed by atoms with Gasteiger partial charge in [0.25, 0.3) is 0 Å². The van der Waals surface area contributed by atoms with E-state index in [-0.39, 0.29) is 10.6 Å². The Morgan fingerprint density at radius 1 is 1.14 bits per heavy atom. The minimum atomic E-state index is -1.12. The van der Waals surface area contributed by atoms with Gasteiger partial charge in [0.15, 0.2) is 0 Å². The highest BCUT2D eigenvalue weighted by atomic mass is 35.5. The molecular formula is C14H12ClN3O3. The number of pyridine rings is 1. The summed E-state index contributed by atoms with van der Waals surface area (Å²) < 4.78 is 0. The largest absolute Gasteiger partial charge is 0.478 e. The number of benzene rings is 1. The number of carbonyl (C=O) groups excluding carboxylic acids is 1. The van der Waals surface area contributed by atoms with Crippen molar-refractivity contribution in [2.45, 2.75) is 6.92 Å². The Hall–Kier alpha value is -2.60. The van der Waals surface area contributed by atoms with Crippen LogP contribution in [0.2, 0.25) is 5.02 Å². The van der Waals surface area contributed by atoms with Gasteiger partial charge in [-0.25, -0.2) is 9.59 Å². The highest BCUT2D eigenvalue weighted by Gasteiger charge is 2.10. The van der Waals surface area contributed by atoms with Crippen molar-refractivity contribution >= 4 is 35.0 Å². The van der Waals surface area contributed by atoms with E-state index in [1.807, 2.05) is 6.92 Å². The molecule has 2 amide bonds. The van der Waals surface area contributed by atoms with Crippen LogP contribution in [-0.2, 0) is 0 Å². The SMILES string of the molecule is Cc1ccc(NC(=O)Nc2ccc(C(=O)O)c(Cl)c2)cn1. The van der Waals surface area contributed by atoms with Gasteiger partial charge in [-0.2, -0.15) is 0 Å². The second-order valence-corrected chi connectivity index (χ2v) is 4.67. The Bertz CT molecular complexity index is 686. The van der Waals surface area contributed by atoms with Gasteiger partial charge in [0.2, 0.25) is 0 Å². The van der Waals surface area contributed by atoms with Crippen LogP contribution in [0.15, 0.2) is 36.5 Å². The molecule has 0 atom stereocenters. The van der Waals surface area contributed by atoms with Crippen LogP contribution >= 0.6 is 11.6 Å². The summed E-state index contributed by atoms with van der Waals surface area (Å²) >= 11 is 5.82. The van der Waals surface area contributed by atoms with E-state index >= 15 is 0 Å². The molecule has 0 aliphatic carbocycles. The number of nitrogens with one attached hydrogen (secondary N) is 2. The number of urea groups is 1. The maximum atomic E-state index is 11.8. The van der Waals surface area contributed by atoms with Gasteiger partial charge in [-0.05, 0) is 37.3 Å². The van der Waals surface area contributed by atoms with Gasteiger partial charge in [-0.3, -0.25) is 4.98 Å². The summed E-state index contributed by atoms with van der Waals surface area (Å²) in [5.74, 6) is -1.12. The fourth-order valence-electron chi connectivity index (χ4n) is 1.60. The van der Waals surface area contributed by atoms with Crippen molar-refractivity contribution in [1.82, 2.24) is 4.98 Å². The molecule has 1 aromatic carbocycles. The van der Waals surface area contributed by atoms with E-state index in [1.54, 1.807) is 12.1 Å². The summed E-state index contributed by atoms with van der Waals surface area (Å²) in [4.78, 5) is 26.7. The number of hydrogen-bond donors (Lipinski definition) is 3. The van der Waals surface area contributed by atoms with E-state index in [2.05, 4.69) is 15.6 Å². The van der Waals surface area contributed by atoms with Gasteiger partial charge in [0, 0.05) is 11.4 Å². The van der Waals surface area contributed by atoms with Crippen molar-refractivity contribution in [2.75, 3.05) is 10.6 Å². The molecule has 2 aromatic rings. The van der Waals surface area contributed by atoms with E-state index in [1.165, 1.54) is 24.4 Å². The molecule has 0 fully saturated rings. The number of aromatic nitrogens is 1. The first kappa shape index (κ1) is 14.8. The summed E-state index contributed by atoms with van der Waals surface area (Å²) in [5, 5.41) is 14.1. The Morgan fingerprint density at radius 3 is 2.38 bits per heavy atom. The van der Waals surface area contributed by atoms with E-state index in [0.717, 1.165) is 5.69 Å². The van der Waals surface area contributed by atoms with Crippen molar-refractivity contribution in [3.8, 4) is 0 Å². The molecule has 0 aliphatic heterocycles. The molecule has 1 aromatic heterocycles. The smallest absolute Gasteiger partial charge is 0.337 e. The van der Waals surface area contributed by atoms with Crippen LogP contribution in [0, 0.1) is 6.92 Å².